The number of hydrogen-bond acceptors (Lipinski definition) is 2. The number of hydrogen-bond donors (Lipinski definition) is 2. The summed E-state index contributed by atoms with van der Waals surface area (Å²) in [7, 11) is 0. The van der Waals surface area contributed by atoms with Gasteiger partial charge >= 0.3 is 0 Å². The van der Waals surface area contributed by atoms with Crippen LogP contribution in [0.3, 0.4) is 0 Å². The maximum absolute atomic E-state index is 11.3. The van der Waals surface area contributed by atoms with Crippen molar-refractivity contribution in [3.8, 4) is 0 Å². The maximum atomic E-state index is 11.3. The van der Waals surface area contributed by atoms with Gasteiger partial charge in [-0.15, -0.1) is 0 Å². The number of guanidine groups is 1. The van der Waals surface area contributed by atoms with E-state index in [-0.39, 0.29) is 5.91 Å². The van der Waals surface area contributed by atoms with Crippen LogP contribution in [-0.4, -0.2) is 42.9 Å². The summed E-state index contributed by atoms with van der Waals surface area (Å²) in [6.45, 7) is 4.86. The van der Waals surface area contributed by atoms with Crippen LogP contribution >= 0.6 is 0 Å². The molecule has 0 aliphatic carbocycles. The molecule has 0 atom stereocenters. The minimum absolute atomic E-state index is 0.170. The highest BCUT2D eigenvalue weighted by Gasteiger charge is 2.20. The van der Waals surface area contributed by atoms with E-state index in [4.69, 9.17) is 5.73 Å². The Kier molecular flexibility index (Phi) is 6.25. The largest absolute Gasteiger partial charge is 0.370 e. The fourth-order valence-corrected chi connectivity index (χ4v) is 2.69. The zero-order valence-corrected chi connectivity index (χ0v) is 13.3. The van der Waals surface area contributed by atoms with Gasteiger partial charge in [0.15, 0.2) is 5.96 Å². The highest BCUT2D eigenvalue weighted by Crippen LogP contribution is 2.17. The summed E-state index contributed by atoms with van der Waals surface area (Å²) in [6.07, 6.45) is 2.97. The van der Waals surface area contributed by atoms with Crippen LogP contribution < -0.4 is 11.1 Å². The molecule has 1 aromatic carbocycles. The Morgan fingerprint density at radius 2 is 2.00 bits per heavy atom. The molecule has 22 heavy (non-hydrogen) atoms. The standard InChI is InChI=1S/C17H26N4O/c1-14(22)21-11-8-16(9-12-21)13-20-17(18)19-10-7-15-5-3-2-4-6-15/h2-6,16H,7-13H2,1H3,(H3,18,19,20). The summed E-state index contributed by atoms with van der Waals surface area (Å²) in [4.78, 5) is 17.6. The lowest BCUT2D eigenvalue weighted by Crippen LogP contribution is -2.38. The molecule has 0 saturated carbocycles. The molecule has 1 amide bonds. The normalized spacial score (nSPS) is 16.6. The van der Waals surface area contributed by atoms with Crippen molar-refractivity contribution in [2.75, 3.05) is 26.2 Å². The van der Waals surface area contributed by atoms with Crippen LogP contribution in [0.2, 0.25) is 0 Å². The van der Waals surface area contributed by atoms with Crippen molar-refractivity contribution in [3.63, 3.8) is 0 Å². The first kappa shape index (κ1) is 16.3. The molecule has 1 fully saturated rings. The van der Waals surface area contributed by atoms with Crippen LogP contribution in [0.5, 0.6) is 0 Å². The molecule has 0 unspecified atom stereocenters. The lowest BCUT2D eigenvalue weighted by Gasteiger charge is -2.30. The van der Waals surface area contributed by atoms with E-state index >= 15 is 0 Å². The smallest absolute Gasteiger partial charge is 0.219 e. The predicted octanol–water partition coefficient (Wildman–Crippen LogP) is 1.39. The Hall–Kier alpha value is -2.04. The van der Waals surface area contributed by atoms with Gasteiger partial charge in [0.2, 0.25) is 5.91 Å². The summed E-state index contributed by atoms with van der Waals surface area (Å²) in [5.74, 6) is 1.22. The van der Waals surface area contributed by atoms with Gasteiger partial charge in [-0.3, -0.25) is 9.79 Å². The minimum atomic E-state index is 0.170. The Balaban J connectivity index is 1.64. The van der Waals surface area contributed by atoms with Gasteiger partial charge in [-0.25, -0.2) is 0 Å². The van der Waals surface area contributed by atoms with Crippen LogP contribution in [0.4, 0.5) is 0 Å². The molecule has 120 valence electrons. The third-order valence-corrected chi connectivity index (χ3v) is 4.14. The summed E-state index contributed by atoms with van der Waals surface area (Å²) in [5, 5.41) is 3.16. The first-order chi connectivity index (χ1) is 10.6. The second kappa shape index (κ2) is 8.41. The van der Waals surface area contributed by atoms with Crippen molar-refractivity contribution in [1.29, 1.82) is 0 Å². The maximum Gasteiger partial charge on any atom is 0.219 e. The van der Waals surface area contributed by atoms with Crippen LogP contribution in [0.1, 0.15) is 25.3 Å². The van der Waals surface area contributed by atoms with E-state index in [2.05, 4.69) is 22.4 Å². The van der Waals surface area contributed by atoms with Crippen molar-refractivity contribution >= 4 is 11.9 Å². The van der Waals surface area contributed by atoms with E-state index in [1.165, 1.54) is 5.56 Å². The highest BCUT2D eigenvalue weighted by atomic mass is 16.2. The first-order valence-electron chi connectivity index (χ1n) is 7.98. The second-order valence-electron chi connectivity index (χ2n) is 5.84. The number of likely N-dealkylation sites (tertiary alicyclic amines) is 1. The van der Waals surface area contributed by atoms with Crippen LogP contribution in [0.25, 0.3) is 0 Å². The van der Waals surface area contributed by atoms with Gasteiger partial charge in [-0.2, -0.15) is 0 Å². The molecule has 1 saturated heterocycles. The van der Waals surface area contributed by atoms with Crippen molar-refractivity contribution < 1.29 is 4.79 Å². The zero-order valence-electron chi connectivity index (χ0n) is 13.3. The minimum Gasteiger partial charge on any atom is -0.370 e. The summed E-state index contributed by atoms with van der Waals surface area (Å²) < 4.78 is 0. The highest BCUT2D eigenvalue weighted by molar-refractivity contribution is 5.77. The van der Waals surface area contributed by atoms with Gasteiger partial charge in [0, 0.05) is 33.1 Å². The van der Waals surface area contributed by atoms with Crippen molar-refractivity contribution in [2.45, 2.75) is 26.2 Å². The average molecular weight is 302 g/mol. The number of carbonyl (C=O) groups is 1. The molecule has 5 nitrogen and oxygen atoms in total. The number of nitrogens with two attached hydrogens (primary N) is 1. The topological polar surface area (TPSA) is 70.7 Å². The number of piperidine rings is 1. The predicted molar refractivity (Wildman–Crippen MR) is 89.6 cm³/mol. The Bertz CT molecular complexity index is 493. The molecular formula is C17H26N4O. The van der Waals surface area contributed by atoms with E-state index in [9.17, 15) is 4.79 Å². The Morgan fingerprint density at radius 3 is 2.64 bits per heavy atom. The second-order valence-corrected chi connectivity index (χ2v) is 5.84. The molecule has 0 aromatic heterocycles. The monoisotopic (exact) mass is 302 g/mol. The van der Waals surface area contributed by atoms with E-state index in [1.54, 1.807) is 6.92 Å². The van der Waals surface area contributed by atoms with Crippen molar-refractivity contribution in [2.24, 2.45) is 16.6 Å². The SMILES string of the molecule is CC(=O)N1CCC(CN=C(N)NCCc2ccccc2)CC1. The fraction of sp³-hybridized carbons (Fsp3) is 0.529. The van der Waals surface area contributed by atoms with Gasteiger partial charge in [0.1, 0.15) is 0 Å². The average Bonchev–Trinajstić information content (AvgIpc) is 2.54. The third kappa shape index (κ3) is 5.39. The number of carbonyl (C=O) groups excluding carboxylic acids is 1. The summed E-state index contributed by atoms with van der Waals surface area (Å²) >= 11 is 0. The number of nitrogens with zero attached hydrogens (tertiary/aromatic N) is 2. The zero-order chi connectivity index (χ0) is 15.8. The Morgan fingerprint density at radius 1 is 1.32 bits per heavy atom. The van der Waals surface area contributed by atoms with Crippen LogP contribution in [0, 0.1) is 5.92 Å². The number of benzene rings is 1. The lowest BCUT2D eigenvalue weighted by molar-refractivity contribution is -0.130. The van der Waals surface area contributed by atoms with E-state index in [1.807, 2.05) is 23.1 Å². The van der Waals surface area contributed by atoms with Crippen molar-refractivity contribution in [3.05, 3.63) is 35.9 Å². The van der Waals surface area contributed by atoms with E-state index in [0.717, 1.165) is 45.4 Å². The van der Waals surface area contributed by atoms with Gasteiger partial charge in [-0.1, -0.05) is 30.3 Å². The van der Waals surface area contributed by atoms with Gasteiger partial charge in [0.05, 0.1) is 0 Å². The van der Waals surface area contributed by atoms with Crippen LogP contribution in [-0.2, 0) is 11.2 Å². The number of aliphatic imine (C=N–C) groups is 1. The molecule has 1 heterocycles. The van der Waals surface area contributed by atoms with Crippen LogP contribution in [0.15, 0.2) is 35.3 Å². The lowest BCUT2D eigenvalue weighted by atomic mass is 9.97. The van der Waals surface area contributed by atoms with E-state index in [0.29, 0.717) is 11.9 Å². The van der Waals surface area contributed by atoms with Gasteiger partial charge in [0.25, 0.3) is 0 Å². The third-order valence-electron chi connectivity index (χ3n) is 4.14. The molecule has 3 N–H and O–H groups in total. The first-order valence-corrected chi connectivity index (χ1v) is 7.98. The molecule has 1 aliphatic heterocycles. The molecule has 0 bridgehead atoms. The van der Waals surface area contributed by atoms with Crippen molar-refractivity contribution in [1.82, 2.24) is 10.2 Å². The van der Waals surface area contributed by atoms with Gasteiger partial charge in [-0.05, 0) is 30.7 Å². The summed E-state index contributed by atoms with van der Waals surface area (Å²) in [6, 6.07) is 10.3. The number of amides is 1. The Labute approximate surface area is 132 Å². The molecule has 2 rings (SSSR count). The van der Waals surface area contributed by atoms with Gasteiger partial charge < -0.3 is 16.0 Å². The molecule has 1 aliphatic rings. The molecule has 0 radical (unpaired) electrons. The quantitative estimate of drug-likeness (QED) is 0.638. The van der Waals surface area contributed by atoms with E-state index < -0.39 is 0 Å². The number of nitrogens with one attached hydrogen (secondary N) is 1. The molecule has 5 heteroatoms. The summed E-state index contributed by atoms with van der Waals surface area (Å²) in [5.41, 5.74) is 7.20. The number of rotatable bonds is 5. The fourth-order valence-electron chi connectivity index (χ4n) is 2.69. The molecule has 1 aromatic rings. The molecule has 0 spiro atoms. The molecular weight excluding hydrogens is 276 g/mol.